The summed E-state index contributed by atoms with van der Waals surface area (Å²) in [6.45, 7) is 1.94. The number of fused-ring (bicyclic) bond motifs is 2. The highest BCUT2D eigenvalue weighted by molar-refractivity contribution is 6.05. The van der Waals surface area contributed by atoms with E-state index in [0.717, 1.165) is 16.3 Å². The van der Waals surface area contributed by atoms with Crippen molar-refractivity contribution >= 4 is 33.3 Å². The molecule has 6 heteroatoms. The number of anilines is 1. The van der Waals surface area contributed by atoms with Crippen LogP contribution in [0.25, 0.3) is 27.4 Å². The van der Waals surface area contributed by atoms with Gasteiger partial charge in [0.25, 0.3) is 5.56 Å². The predicted molar refractivity (Wildman–Crippen MR) is 105 cm³/mol. The van der Waals surface area contributed by atoms with Crippen LogP contribution in [-0.4, -0.2) is 22.6 Å². The first-order chi connectivity index (χ1) is 13.0. The maximum atomic E-state index is 13.3. The molecule has 2 aromatic carbocycles. The molecule has 4 aromatic rings. The Labute approximate surface area is 154 Å². The number of esters is 1. The second kappa shape index (κ2) is 6.25. The van der Waals surface area contributed by atoms with Crippen LogP contribution in [0, 0.1) is 6.92 Å². The van der Waals surface area contributed by atoms with Gasteiger partial charge >= 0.3 is 5.97 Å². The number of benzene rings is 2. The fourth-order valence-corrected chi connectivity index (χ4v) is 3.36. The third-order valence-corrected chi connectivity index (χ3v) is 4.66. The van der Waals surface area contributed by atoms with Crippen LogP contribution in [0.2, 0.25) is 0 Å². The van der Waals surface area contributed by atoms with Gasteiger partial charge in [-0.05, 0) is 30.7 Å². The zero-order chi connectivity index (χ0) is 19.1. The van der Waals surface area contributed by atoms with Gasteiger partial charge in [-0.3, -0.25) is 14.3 Å². The van der Waals surface area contributed by atoms with Gasteiger partial charge in [-0.15, -0.1) is 0 Å². The number of carbonyl (C=O) groups excluding carboxylic acids is 1. The fourth-order valence-electron chi connectivity index (χ4n) is 3.36. The maximum absolute atomic E-state index is 13.3. The van der Waals surface area contributed by atoms with Crippen molar-refractivity contribution in [2.75, 3.05) is 12.8 Å². The molecule has 0 bridgehead atoms. The molecule has 27 heavy (non-hydrogen) atoms. The van der Waals surface area contributed by atoms with Crippen LogP contribution in [0.5, 0.6) is 0 Å². The number of nitrogen functional groups attached to an aromatic ring is 1. The maximum Gasteiger partial charge on any atom is 0.345 e. The van der Waals surface area contributed by atoms with Gasteiger partial charge in [0.1, 0.15) is 5.56 Å². The molecule has 2 N–H and O–H groups in total. The number of hydrogen-bond acceptors (Lipinski definition) is 5. The second-order valence-corrected chi connectivity index (χ2v) is 6.32. The minimum absolute atomic E-state index is 0.125. The number of methoxy groups -OCH3 is 1. The van der Waals surface area contributed by atoms with Gasteiger partial charge in [0.2, 0.25) is 0 Å². The summed E-state index contributed by atoms with van der Waals surface area (Å²) < 4.78 is 6.33. The summed E-state index contributed by atoms with van der Waals surface area (Å²) in [5.74, 6) is -0.754. The normalized spacial score (nSPS) is 11.0. The Morgan fingerprint density at radius 1 is 1.15 bits per heavy atom. The SMILES string of the molecule is COC(=O)c1c(N)c2ccc(C)cc2n(-c2cccc3cnccc23)c1=O. The molecule has 0 atom stereocenters. The highest BCUT2D eigenvalue weighted by Gasteiger charge is 2.22. The smallest absolute Gasteiger partial charge is 0.345 e. The van der Waals surface area contributed by atoms with Crippen LogP contribution in [0.4, 0.5) is 5.69 Å². The molecule has 6 nitrogen and oxygen atoms in total. The Morgan fingerprint density at radius 2 is 1.96 bits per heavy atom. The summed E-state index contributed by atoms with van der Waals surface area (Å²) in [6.07, 6.45) is 3.40. The number of hydrogen-bond donors (Lipinski definition) is 1. The third kappa shape index (κ3) is 2.54. The molecule has 0 saturated carbocycles. The van der Waals surface area contributed by atoms with E-state index < -0.39 is 11.5 Å². The molecule has 134 valence electrons. The first-order valence-corrected chi connectivity index (χ1v) is 8.39. The molecule has 0 fully saturated rings. The van der Waals surface area contributed by atoms with Gasteiger partial charge in [-0.1, -0.05) is 24.3 Å². The minimum atomic E-state index is -0.754. The number of aromatic nitrogens is 2. The standard InChI is InChI=1S/C21H17N3O3/c1-12-6-7-15-17(10-12)24(20(25)18(19(15)22)21(26)27-2)16-5-3-4-13-11-23-9-8-14(13)16/h3-11H,22H2,1-2H3. The van der Waals surface area contributed by atoms with Crippen LogP contribution in [-0.2, 0) is 4.74 Å². The molecule has 0 spiro atoms. The van der Waals surface area contributed by atoms with Gasteiger partial charge < -0.3 is 10.5 Å². The topological polar surface area (TPSA) is 87.2 Å². The van der Waals surface area contributed by atoms with E-state index in [9.17, 15) is 9.59 Å². The molecule has 0 radical (unpaired) electrons. The van der Waals surface area contributed by atoms with Crippen molar-refractivity contribution in [2.24, 2.45) is 0 Å². The number of aryl methyl sites for hydroxylation is 1. The Balaban J connectivity index is 2.24. The third-order valence-electron chi connectivity index (χ3n) is 4.66. The lowest BCUT2D eigenvalue weighted by Crippen LogP contribution is -2.28. The van der Waals surface area contributed by atoms with Crippen molar-refractivity contribution < 1.29 is 9.53 Å². The molecule has 0 aliphatic rings. The summed E-state index contributed by atoms with van der Waals surface area (Å²) in [7, 11) is 1.23. The van der Waals surface area contributed by atoms with E-state index in [-0.39, 0.29) is 11.3 Å². The number of pyridine rings is 2. The largest absolute Gasteiger partial charge is 0.465 e. The number of rotatable bonds is 2. The molecule has 0 aliphatic carbocycles. The van der Waals surface area contributed by atoms with Gasteiger partial charge in [0.15, 0.2) is 0 Å². The van der Waals surface area contributed by atoms with Gasteiger partial charge in [-0.25, -0.2) is 4.79 Å². The summed E-state index contributed by atoms with van der Waals surface area (Å²) in [5, 5.41) is 2.35. The number of nitrogens with zero attached hydrogens (tertiary/aromatic N) is 2. The van der Waals surface area contributed by atoms with Crippen molar-refractivity contribution in [3.05, 3.63) is 76.3 Å². The Kier molecular flexibility index (Phi) is 3.88. The summed E-state index contributed by atoms with van der Waals surface area (Å²) in [4.78, 5) is 29.8. The Hall–Kier alpha value is -3.67. The van der Waals surface area contributed by atoms with E-state index in [2.05, 4.69) is 4.98 Å². The Bertz CT molecular complexity index is 1270. The average Bonchev–Trinajstić information content (AvgIpc) is 2.68. The van der Waals surface area contributed by atoms with Gasteiger partial charge in [0, 0.05) is 28.6 Å². The molecule has 4 rings (SSSR count). The number of carbonyl (C=O) groups is 1. The van der Waals surface area contributed by atoms with E-state index in [1.165, 1.54) is 11.7 Å². The highest BCUT2D eigenvalue weighted by Crippen LogP contribution is 2.29. The van der Waals surface area contributed by atoms with Crippen molar-refractivity contribution in [1.29, 1.82) is 0 Å². The average molecular weight is 359 g/mol. The minimum Gasteiger partial charge on any atom is -0.465 e. The van der Waals surface area contributed by atoms with Crippen LogP contribution in [0.15, 0.2) is 59.7 Å². The van der Waals surface area contributed by atoms with Crippen molar-refractivity contribution in [2.45, 2.75) is 6.92 Å². The molecule has 0 aliphatic heterocycles. The zero-order valence-corrected chi connectivity index (χ0v) is 14.9. The van der Waals surface area contributed by atoms with Gasteiger partial charge in [0.05, 0.1) is 24.0 Å². The highest BCUT2D eigenvalue weighted by atomic mass is 16.5. The summed E-state index contributed by atoms with van der Waals surface area (Å²) in [6, 6.07) is 13.0. The Morgan fingerprint density at radius 3 is 2.74 bits per heavy atom. The molecule has 2 aromatic heterocycles. The quantitative estimate of drug-likeness (QED) is 0.555. The molecule has 0 unspecified atom stereocenters. The lowest BCUT2D eigenvalue weighted by molar-refractivity contribution is 0.0600. The first-order valence-electron chi connectivity index (χ1n) is 8.39. The summed E-state index contributed by atoms with van der Waals surface area (Å²) in [5.41, 5.74) is 7.89. The molecular formula is C21H17N3O3. The van der Waals surface area contributed by atoms with E-state index in [0.29, 0.717) is 16.6 Å². The monoisotopic (exact) mass is 359 g/mol. The molecule has 2 heterocycles. The van der Waals surface area contributed by atoms with Crippen molar-refractivity contribution in [1.82, 2.24) is 9.55 Å². The molecule has 0 saturated heterocycles. The second-order valence-electron chi connectivity index (χ2n) is 6.32. The van der Waals surface area contributed by atoms with Crippen LogP contribution in [0.3, 0.4) is 0 Å². The number of ether oxygens (including phenoxy) is 1. The lowest BCUT2D eigenvalue weighted by Gasteiger charge is -2.17. The van der Waals surface area contributed by atoms with Crippen LogP contribution >= 0.6 is 0 Å². The zero-order valence-electron chi connectivity index (χ0n) is 14.9. The van der Waals surface area contributed by atoms with E-state index in [1.54, 1.807) is 12.4 Å². The lowest BCUT2D eigenvalue weighted by atomic mass is 10.0. The van der Waals surface area contributed by atoms with Crippen molar-refractivity contribution in [3.63, 3.8) is 0 Å². The van der Waals surface area contributed by atoms with Gasteiger partial charge in [-0.2, -0.15) is 0 Å². The first kappa shape index (κ1) is 16.8. The van der Waals surface area contributed by atoms with E-state index >= 15 is 0 Å². The van der Waals surface area contributed by atoms with Crippen molar-refractivity contribution in [3.8, 4) is 5.69 Å². The molecule has 0 amide bonds. The van der Waals surface area contributed by atoms with E-state index in [1.807, 2.05) is 49.4 Å². The van der Waals surface area contributed by atoms with E-state index in [4.69, 9.17) is 10.5 Å². The fraction of sp³-hybridized carbons (Fsp3) is 0.0952. The van der Waals surface area contributed by atoms with Crippen LogP contribution < -0.4 is 11.3 Å². The number of nitrogens with two attached hydrogens (primary N) is 1. The summed E-state index contributed by atoms with van der Waals surface area (Å²) >= 11 is 0. The van der Waals surface area contributed by atoms with Crippen LogP contribution in [0.1, 0.15) is 15.9 Å². The predicted octanol–water partition coefficient (Wildman–Crippen LogP) is 3.22. The molecular weight excluding hydrogens is 342 g/mol.